The first kappa shape index (κ1) is 21.2. The summed E-state index contributed by atoms with van der Waals surface area (Å²) in [7, 11) is 4.60. The lowest BCUT2D eigenvalue weighted by Crippen LogP contribution is -2.54. The molecule has 0 heterocycles. The Morgan fingerprint density at radius 2 is 1.50 bits per heavy atom. The molecule has 1 heteroatoms. The summed E-state index contributed by atoms with van der Waals surface area (Å²) in [6, 6.07) is 17.1. The number of nitrogens with zero attached hydrogens (tertiary/aromatic N) is 1. The van der Waals surface area contributed by atoms with Crippen LogP contribution < -0.4 is 0 Å². The van der Waals surface area contributed by atoms with Gasteiger partial charge in [-0.3, -0.25) is 0 Å². The molecule has 2 aromatic rings. The lowest BCUT2D eigenvalue weighted by atomic mass is 9.44. The average molecular weight is 430 g/mol. The third-order valence-corrected chi connectivity index (χ3v) is 11.5. The fourth-order valence-electron chi connectivity index (χ4n) is 9.68. The number of rotatable bonds is 2. The second-order valence-corrected chi connectivity index (χ2v) is 12.8. The molecule has 4 aliphatic rings. The van der Waals surface area contributed by atoms with E-state index in [1.165, 1.54) is 68.6 Å². The molecule has 4 aliphatic carbocycles. The zero-order valence-electron chi connectivity index (χ0n) is 20.8. The van der Waals surface area contributed by atoms with Gasteiger partial charge in [0.05, 0.1) is 0 Å². The molecule has 1 nitrogen and oxygen atoms in total. The predicted molar refractivity (Wildman–Crippen MR) is 136 cm³/mol. The Bertz CT molecular complexity index is 993. The van der Waals surface area contributed by atoms with Crippen LogP contribution in [0.5, 0.6) is 0 Å². The minimum absolute atomic E-state index is 0.508. The maximum absolute atomic E-state index is 2.72. The molecular formula is C31H43N. The van der Waals surface area contributed by atoms with Gasteiger partial charge in [-0.1, -0.05) is 56.3 Å². The van der Waals surface area contributed by atoms with Gasteiger partial charge in [0.25, 0.3) is 0 Å². The van der Waals surface area contributed by atoms with E-state index in [-0.39, 0.29) is 0 Å². The van der Waals surface area contributed by atoms with Gasteiger partial charge in [0, 0.05) is 6.04 Å². The van der Waals surface area contributed by atoms with Crippen molar-refractivity contribution in [3.63, 3.8) is 0 Å². The minimum atomic E-state index is 0.508. The van der Waals surface area contributed by atoms with E-state index in [0.29, 0.717) is 10.8 Å². The van der Waals surface area contributed by atoms with Crippen molar-refractivity contribution in [3.8, 4) is 0 Å². The second-order valence-electron chi connectivity index (χ2n) is 12.8. The topological polar surface area (TPSA) is 3.24 Å². The van der Waals surface area contributed by atoms with Crippen LogP contribution in [0.4, 0.5) is 0 Å². The van der Waals surface area contributed by atoms with E-state index in [2.05, 4.69) is 75.3 Å². The molecule has 0 saturated heterocycles. The third kappa shape index (κ3) is 3.06. The molecule has 0 unspecified atom stereocenters. The molecule has 4 fully saturated rings. The Hall–Kier alpha value is -1.34. The lowest BCUT2D eigenvalue weighted by Gasteiger charge is -2.61. The van der Waals surface area contributed by atoms with Gasteiger partial charge in [-0.05, 0) is 129 Å². The highest BCUT2D eigenvalue weighted by molar-refractivity contribution is 5.83. The molecule has 0 bridgehead atoms. The standard InChI is InChI=1S/C31H43N/c1-30-17-15-25(32(3)4)20-24(30)11-12-26-28-14-13-27(31(28,2)18-16-29(26)30)23-10-9-21-7-5-6-8-22(21)19-23/h5-10,19,24-29H,11-18,20H2,1-4H3/t24-,25-,26-,27+,28-,29-,30-,31+/m0/s1. The maximum Gasteiger partial charge on any atom is 0.00922 e. The second kappa shape index (κ2) is 7.59. The van der Waals surface area contributed by atoms with Gasteiger partial charge >= 0.3 is 0 Å². The molecular weight excluding hydrogens is 386 g/mol. The highest BCUT2D eigenvalue weighted by Gasteiger charge is 2.60. The highest BCUT2D eigenvalue weighted by Crippen LogP contribution is 2.69. The van der Waals surface area contributed by atoms with Crippen LogP contribution in [0.15, 0.2) is 42.5 Å². The number of hydrogen-bond donors (Lipinski definition) is 0. The van der Waals surface area contributed by atoms with Gasteiger partial charge in [0.2, 0.25) is 0 Å². The number of fused-ring (bicyclic) bond motifs is 6. The summed E-state index contributed by atoms with van der Waals surface area (Å²) in [5, 5.41) is 2.82. The van der Waals surface area contributed by atoms with E-state index < -0.39 is 0 Å². The van der Waals surface area contributed by atoms with E-state index in [9.17, 15) is 0 Å². The zero-order chi connectivity index (χ0) is 22.1. The fraction of sp³-hybridized carbons (Fsp3) is 0.677. The summed E-state index contributed by atoms with van der Waals surface area (Å²) in [6.07, 6.45) is 13.2. The first-order valence-electron chi connectivity index (χ1n) is 13.6. The van der Waals surface area contributed by atoms with E-state index in [0.717, 1.165) is 35.6 Å². The van der Waals surface area contributed by atoms with Crippen LogP contribution in [-0.2, 0) is 0 Å². The van der Waals surface area contributed by atoms with Crippen LogP contribution >= 0.6 is 0 Å². The SMILES string of the molecule is CN(C)[C@H]1CC[C@@]2(C)[C@@H](CC[C@@H]3[C@@H]2CC[C@]2(C)[C@@H](c4ccc5ccccc5c4)CC[C@@H]32)C1. The normalized spacial score (nSPS) is 43.7. The largest absolute Gasteiger partial charge is 0.306 e. The molecule has 2 aromatic carbocycles. The molecule has 6 rings (SSSR count). The summed E-state index contributed by atoms with van der Waals surface area (Å²) >= 11 is 0. The van der Waals surface area contributed by atoms with Crippen LogP contribution in [0.25, 0.3) is 10.8 Å². The molecule has 0 aromatic heterocycles. The van der Waals surface area contributed by atoms with E-state index in [1.54, 1.807) is 5.56 Å². The van der Waals surface area contributed by atoms with Gasteiger partial charge in [0.15, 0.2) is 0 Å². The highest BCUT2D eigenvalue weighted by atomic mass is 15.1. The van der Waals surface area contributed by atoms with Crippen molar-refractivity contribution in [2.24, 2.45) is 34.5 Å². The van der Waals surface area contributed by atoms with Crippen molar-refractivity contribution in [2.75, 3.05) is 14.1 Å². The van der Waals surface area contributed by atoms with Crippen LogP contribution in [0.3, 0.4) is 0 Å². The van der Waals surface area contributed by atoms with E-state index >= 15 is 0 Å². The summed E-state index contributed by atoms with van der Waals surface area (Å²) in [5.41, 5.74) is 2.74. The summed E-state index contributed by atoms with van der Waals surface area (Å²) in [4.78, 5) is 2.51. The quantitative estimate of drug-likeness (QED) is 0.469. The first-order valence-corrected chi connectivity index (χ1v) is 13.6. The Morgan fingerprint density at radius 3 is 2.31 bits per heavy atom. The Kier molecular flexibility index (Phi) is 5.03. The maximum atomic E-state index is 2.72. The molecule has 0 radical (unpaired) electrons. The first-order chi connectivity index (χ1) is 15.4. The Balaban J connectivity index is 1.27. The minimum Gasteiger partial charge on any atom is -0.306 e. The van der Waals surface area contributed by atoms with Crippen molar-refractivity contribution in [3.05, 3.63) is 48.0 Å². The molecule has 4 saturated carbocycles. The van der Waals surface area contributed by atoms with Crippen molar-refractivity contribution < 1.29 is 0 Å². The van der Waals surface area contributed by atoms with Gasteiger partial charge in [-0.25, -0.2) is 0 Å². The number of hydrogen-bond acceptors (Lipinski definition) is 1. The zero-order valence-corrected chi connectivity index (χ0v) is 20.8. The van der Waals surface area contributed by atoms with Crippen molar-refractivity contribution in [1.82, 2.24) is 4.90 Å². The van der Waals surface area contributed by atoms with Gasteiger partial charge in [-0.2, -0.15) is 0 Å². The van der Waals surface area contributed by atoms with Crippen molar-refractivity contribution in [2.45, 2.75) is 83.6 Å². The monoisotopic (exact) mass is 429 g/mol. The summed E-state index contributed by atoms with van der Waals surface area (Å²) in [6.45, 7) is 5.41. The molecule has 32 heavy (non-hydrogen) atoms. The van der Waals surface area contributed by atoms with E-state index in [4.69, 9.17) is 0 Å². The third-order valence-electron chi connectivity index (χ3n) is 11.5. The molecule has 0 N–H and O–H groups in total. The van der Waals surface area contributed by atoms with E-state index in [1.807, 2.05) is 0 Å². The van der Waals surface area contributed by atoms with Gasteiger partial charge < -0.3 is 4.90 Å². The van der Waals surface area contributed by atoms with Crippen LogP contribution in [0.1, 0.15) is 83.1 Å². The molecule has 0 aliphatic heterocycles. The number of benzene rings is 2. The summed E-state index contributed by atoms with van der Waals surface area (Å²) < 4.78 is 0. The molecule has 8 atom stereocenters. The Morgan fingerprint density at radius 1 is 0.750 bits per heavy atom. The van der Waals surface area contributed by atoms with Crippen molar-refractivity contribution >= 4 is 10.8 Å². The van der Waals surface area contributed by atoms with Crippen molar-refractivity contribution in [1.29, 1.82) is 0 Å². The molecule has 172 valence electrons. The lowest BCUT2D eigenvalue weighted by molar-refractivity contribution is -0.115. The predicted octanol–water partition coefficient (Wildman–Crippen LogP) is 7.90. The van der Waals surface area contributed by atoms with Crippen LogP contribution in [0, 0.1) is 34.5 Å². The van der Waals surface area contributed by atoms with Gasteiger partial charge in [-0.15, -0.1) is 0 Å². The average Bonchev–Trinajstić information content (AvgIpc) is 3.15. The molecule has 0 amide bonds. The van der Waals surface area contributed by atoms with Crippen LogP contribution in [0.2, 0.25) is 0 Å². The smallest absolute Gasteiger partial charge is 0.00922 e. The Labute approximate surface area is 196 Å². The summed E-state index contributed by atoms with van der Waals surface area (Å²) in [5.74, 6) is 4.64. The van der Waals surface area contributed by atoms with Crippen LogP contribution in [-0.4, -0.2) is 25.0 Å². The fourth-order valence-corrected chi connectivity index (χ4v) is 9.68. The van der Waals surface area contributed by atoms with Gasteiger partial charge in [0.1, 0.15) is 0 Å². The molecule has 0 spiro atoms.